The minimum atomic E-state index is -0.780. The number of methoxy groups -OCH3 is 2. The van der Waals surface area contributed by atoms with Gasteiger partial charge in [0, 0.05) is 6.08 Å². The summed E-state index contributed by atoms with van der Waals surface area (Å²) in [6, 6.07) is 0. The normalized spacial score (nSPS) is 11.6. The fourth-order valence-corrected chi connectivity index (χ4v) is 0.951. The van der Waals surface area contributed by atoms with E-state index in [0.29, 0.717) is 0 Å². The Bertz CT molecular complexity index is 413. The first-order valence-corrected chi connectivity index (χ1v) is 5.31. The lowest BCUT2D eigenvalue weighted by Crippen LogP contribution is -2.22. The standard InChI is InChI=1S/C11H16N2O6/c1-5-19-11(16)13-12-7(2)8(10(15)18-4)6-9(14)17-3/h6H,5H2,1-4H3,(H,13,16). The highest BCUT2D eigenvalue weighted by Crippen LogP contribution is 2.02. The lowest BCUT2D eigenvalue weighted by molar-refractivity contribution is -0.138. The number of carbonyl (C=O) groups is 3. The van der Waals surface area contributed by atoms with E-state index in [1.54, 1.807) is 6.92 Å². The monoisotopic (exact) mass is 272 g/mol. The zero-order valence-electron chi connectivity index (χ0n) is 11.2. The van der Waals surface area contributed by atoms with E-state index in [-0.39, 0.29) is 17.9 Å². The Morgan fingerprint density at radius 1 is 1.21 bits per heavy atom. The summed E-state index contributed by atoms with van der Waals surface area (Å²) in [5, 5.41) is 3.61. The van der Waals surface area contributed by atoms with Gasteiger partial charge in [0.15, 0.2) is 0 Å². The first-order chi connectivity index (χ1) is 8.96. The number of hydrogen-bond donors (Lipinski definition) is 1. The molecule has 0 aromatic heterocycles. The lowest BCUT2D eigenvalue weighted by Gasteiger charge is -2.05. The third kappa shape index (κ3) is 6.20. The Morgan fingerprint density at radius 3 is 2.32 bits per heavy atom. The molecule has 0 aromatic rings. The lowest BCUT2D eigenvalue weighted by atomic mass is 10.1. The van der Waals surface area contributed by atoms with Gasteiger partial charge in [-0.3, -0.25) is 0 Å². The van der Waals surface area contributed by atoms with Crippen molar-refractivity contribution in [3.8, 4) is 0 Å². The molecule has 8 nitrogen and oxygen atoms in total. The maximum Gasteiger partial charge on any atom is 0.427 e. The van der Waals surface area contributed by atoms with Gasteiger partial charge in [-0.05, 0) is 13.8 Å². The van der Waals surface area contributed by atoms with Gasteiger partial charge < -0.3 is 14.2 Å². The Balaban J connectivity index is 5.01. The van der Waals surface area contributed by atoms with Crippen LogP contribution in [0.4, 0.5) is 4.79 Å². The highest BCUT2D eigenvalue weighted by atomic mass is 16.6. The quantitative estimate of drug-likeness (QED) is 0.255. The van der Waals surface area contributed by atoms with E-state index in [9.17, 15) is 14.4 Å². The van der Waals surface area contributed by atoms with Crippen LogP contribution in [0.3, 0.4) is 0 Å². The minimum absolute atomic E-state index is 0.0744. The van der Waals surface area contributed by atoms with Crippen molar-refractivity contribution in [2.75, 3.05) is 20.8 Å². The summed E-state index contributed by atoms with van der Waals surface area (Å²) in [5.41, 5.74) is 2.00. The van der Waals surface area contributed by atoms with Gasteiger partial charge in [-0.15, -0.1) is 0 Å². The predicted molar refractivity (Wildman–Crippen MR) is 65.4 cm³/mol. The van der Waals surface area contributed by atoms with E-state index in [0.717, 1.165) is 20.3 Å². The number of ether oxygens (including phenoxy) is 3. The molecular weight excluding hydrogens is 256 g/mol. The molecule has 0 saturated carbocycles. The molecule has 106 valence electrons. The summed E-state index contributed by atoms with van der Waals surface area (Å²) < 4.78 is 13.5. The van der Waals surface area contributed by atoms with E-state index in [2.05, 4.69) is 24.7 Å². The van der Waals surface area contributed by atoms with Crippen molar-refractivity contribution in [3.63, 3.8) is 0 Å². The second kappa shape index (κ2) is 8.67. The van der Waals surface area contributed by atoms with Gasteiger partial charge >= 0.3 is 18.0 Å². The van der Waals surface area contributed by atoms with Gasteiger partial charge in [-0.2, -0.15) is 5.10 Å². The molecule has 0 heterocycles. The number of hydrazone groups is 1. The molecule has 0 aliphatic rings. The molecule has 0 spiro atoms. The van der Waals surface area contributed by atoms with Crippen molar-refractivity contribution in [1.82, 2.24) is 5.43 Å². The molecule has 0 atom stereocenters. The van der Waals surface area contributed by atoms with Crippen molar-refractivity contribution in [2.24, 2.45) is 5.10 Å². The van der Waals surface area contributed by atoms with Crippen molar-refractivity contribution in [3.05, 3.63) is 11.6 Å². The molecule has 0 aliphatic carbocycles. The van der Waals surface area contributed by atoms with Gasteiger partial charge in [0.25, 0.3) is 0 Å². The van der Waals surface area contributed by atoms with Crippen molar-refractivity contribution in [1.29, 1.82) is 0 Å². The van der Waals surface area contributed by atoms with Gasteiger partial charge in [-0.25, -0.2) is 19.8 Å². The summed E-state index contributed by atoms with van der Waals surface area (Å²) in [5.74, 6) is -1.52. The zero-order valence-corrected chi connectivity index (χ0v) is 11.2. The first-order valence-electron chi connectivity index (χ1n) is 5.31. The topological polar surface area (TPSA) is 103 Å². The molecule has 8 heteroatoms. The van der Waals surface area contributed by atoms with Crippen LogP contribution in [-0.2, 0) is 23.8 Å². The van der Waals surface area contributed by atoms with E-state index >= 15 is 0 Å². The Morgan fingerprint density at radius 2 is 1.84 bits per heavy atom. The molecule has 0 unspecified atom stereocenters. The molecule has 0 aromatic carbocycles. The zero-order chi connectivity index (χ0) is 14.8. The first kappa shape index (κ1) is 16.6. The van der Waals surface area contributed by atoms with E-state index in [1.807, 2.05) is 0 Å². The highest BCUT2D eigenvalue weighted by Gasteiger charge is 2.16. The number of hydrogen-bond acceptors (Lipinski definition) is 7. The predicted octanol–water partition coefficient (Wildman–Crippen LogP) is 0.381. The fraction of sp³-hybridized carbons (Fsp3) is 0.455. The number of carbonyl (C=O) groups excluding carboxylic acids is 3. The Hall–Kier alpha value is -2.38. The van der Waals surface area contributed by atoms with Crippen LogP contribution in [-0.4, -0.2) is 44.6 Å². The van der Waals surface area contributed by atoms with Crippen LogP contribution in [0, 0.1) is 0 Å². The van der Waals surface area contributed by atoms with Crippen molar-refractivity contribution in [2.45, 2.75) is 13.8 Å². The summed E-state index contributed by atoms with van der Waals surface area (Å²) >= 11 is 0. The second-order valence-corrected chi connectivity index (χ2v) is 3.10. The molecule has 0 fully saturated rings. The van der Waals surface area contributed by atoms with Crippen LogP contribution in [0.2, 0.25) is 0 Å². The van der Waals surface area contributed by atoms with Gasteiger partial charge in [0.05, 0.1) is 32.1 Å². The van der Waals surface area contributed by atoms with Gasteiger partial charge in [-0.1, -0.05) is 0 Å². The SMILES string of the molecule is CCOC(=O)NN=C(C)C(=CC(=O)OC)C(=O)OC. The Kier molecular flexibility index (Phi) is 7.59. The smallest absolute Gasteiger partial charge is 0.427 e. The average molecular weight is 272 g/mol. The minimum Gasteiger partial charge on any atom is -0.466 e. The van der Waals surface area contributed by atoms with E-state index < -0.39 is 18.0 Å². The summed E-state index contributed by atoms with van der Waals surface area (Å²) in [6.07, 6.45) is 0.140. The van der Waals surface area contributed by atoms with Gasteiger partial charge in [0.1, 0.15) is 0 Å². The largest absolute Gasteiger partial charge is 0.466 e. The molecule has 19 heavy (non-hydrogen) atoms. The highest BCUT2D eigenvalue weighted by molar-refractivity contribution is 6.21. The average Bonchev–Trinajstić information content (AvgIpc) is 2.41. The maximum atomic E-state index is 11.5. The number of nitrogens with one attached hydrogen (secondary N) is 1. The van der Waals surface area contributed by atoms with Crippen molar-refractivity contribution < 1.29 is 28.6 Å². The van der Waals surface area contributed by atoms with Crippen molar-refractivity contribution >= 4 is 23.7 Å². The molecular formula is C11H16N2O6. The molecule has 0 saturated heterocycles. The number of amides is 1. The number of esters is 2. The fourth-order valence-electron chi connectivity index (χ4n) is 0.951. The molecule has 1 N–H and O–H groups in total. The van der Waals surface area contributed by atoms with Crippen LogP contribution in [0.15, 0.2) is 16.8 Å². The summed E-state index contributed by atoms with van der Waals surface area (Å²) in [4.78, 5) is 33.6. The molecule has 1 amide bonds. The molecule has 0 rings (SSSR count). The maximum absolute atomic E-state index is 11.5. The van der Waals surface area contributed by atoms with Gasteiger partial charge in [0.2, 0.25) is 0 Å². The van der Waals surface area contributed by atoms with E-state index in [1.165, 1.54) is 6.92 Å². The second-order valence-electron chi connectivity index (χ2n) is 3.10. The molecule has 0 aliphatic heterocycles. The van der Waals surface area contributed by atoms with Crippen LogP contribution in [0.5, 0.6) is 0 Å². The third-order valence-electron chi connectivity index (χ3n) is 1.85. The number of rotatable bonds is 5. The van der Waals surface area contributed by atoms with Crippen LogP contribution in [0.25, 0.3) is 0 Å². The third-order valence-corrected chi connectivity index (χ3v) is 1.85. The summed E-state index contributed by atoms with van der Waals surface area (Å²) in [7, 11) is 2.32. The summed E-state index contributed by atoms with van der Waals surface area (Å²) in [6.45, 7) is 3.23. The molecule has 0 bridgehead atoms. The Labute approximate surface area is 110 Å². The van der Waals surface area contributed by atoms with Crippen LogP contribution < -0.4 is 5.43 Å². The molecule has 0 radical (unpaired) electrons. The van der Waals surface area contributed by atoms with E-state index in [4.69, 9.17) is 0 Å². The van der Waals surface area contributed by atoms with Crippen LogP contribution in [0.1, 0.15) is 13.8 Å². The van der Waals surface area contributed by atoms with Crippen LogP contribution >= 0.6 is 0 Å². The number of nitrogens with zero attached hydrogens (tertiary/aromatic N) is 1.